The molecule has 5 nitrogen and oxygen atoms in total. The van der Waals surface area contributed by atoms with Crippen molar-refractivity contribution in [3.8, 4) is 11.5 Å². The zero-order chi connectivity index (χ0) is 19.1. The zero-order valence-corrected chi connectivity index (χ0v) is 16.1. The Morgan fingerprint density at radius 2 is 1.93 bits per heavy atom. The van der Waals surface area contributed by atoms with Gasteiger partial charge in [0.2, 0.25) is 5.91 Å². The topological polar surface area (TPSA) is 50.8 Å². The molecule has 1 saturated heterocycles. The number of carbonyl (C=O) groups is 1. The van der Waals surface area contributed by atoms with Crippen molar-refractivity contribution in [1.82, 2.24) is 10.2 Å². The highest BCUT2D eigenvalue weighted by Crippen LogP contribution is 2.30. The minimum atomic E-state index is -0.0521. The third-order valence-electron chi connectivity index (χ3n) is 5.01. The standard InChI is InChI=1S/C22H28N2O3/c1-23-22(25)19-10-6-7-13-24(19)15-18-11-12-20(21(14-18)26-2)27-16-17-8-4-3-5-9-17/h3-5,8-9,11-12,14,19H,6-7,10,13,15-16H2,1-2H3,(H,23,25)/t19-/m0/s1. The summed E-state index contributed by atoms with van der Waals surface area (Å²) in [6.07, 6.45) is 3.14. The molecule has 0 unspecified atom stereocenters. The van der Waals surface area contributed by atoms with E-state index in [1.165, 1.54) is 0 Å². The molecule has 2 aromatic carbocycles. The van der Waals surface area contributed by atoms with Crippen LogP contribution in [0.1, 0.15) is 30.4 Å². The molecule has 27 heavy (non-hydrogen) atoms. The molecule has 1 amide bonds. The number of likely N-dealkylation sites (tertiary alicyclic amines) is 1. The number of amides is 1. The first-order valence-electron chi connectivity index (χ1n) is 9.50. The Balaban J connectivity index is 1.68. The summed E-state index contributed by atoms with van der Waals surface area (Å²) in [6.45, 7) is 2.17. The first-order chi connectivity index (χ1) is 13.2. The number of benzene rings is 2. The molecule has 0 spiro atoms. The van der Waals surface area contributed by atoms with Crippen molar-refractivity contribution in [1.29, 1.82) is 0 Å². The van der Waals surface area contributed by atoms with E-state index in [1.807, 2.05) is 42.5 Å². The van der Waals surface area contributed by atoms with Crippen LogP contribution in [-0.4, -0.2) is 37.6 Å². The van der Waals surface area contributed by atoms with E-state index >= 15 is 0 Å². The van der Waals surface area contributed by atoms with Crippen LogP contribution in [0.2, 0.25) is 0 Å². The highest BCUT2D eigenvalue weighted by Gasteiger charge is 2.28. The van der Waals surface area contributed by atoms with Gasteiger partial charge in [-0.15, -0.1) is 0 Å². The predicted octanol–water partition coefficient (Wildman–Crippen LogP) is 3.37. The first-order valence-corrected chi connectivity index (χ1v) is 9.50. The maximum absolute atomic E-state index is 12.2. The maximum Gasteiger partial charge on any atom is 0.237 e. The molecule has 5 heteroatoms. The number of ether oxygens (including phenoxy) is 2. The van der Waals surface area contributed by atoms with Gasteiger partial charge in [-0.3, -0.25) is 9.69 Å². The van der Waals surface area contributed by atoms with Crippen LogP contribution in [0.15, 0.2) is 48.5 Å². The Bertz CT molecular complexity index is 748. The van der Waals surface area contributed by atoms with Crippen molar-refractivity contribution in [2.24, 2.45) is 0 Å². The fourth-order valence-corrected chi connectivity index (χ4v) is 3.54. The average Bonchev–Trinajstić information content (AvgIpc) is 2.73. The molecule has 1 N–H and O–H groups in total. The van der Waals surface area contributed by atoms with Gasteiger partial charge in [-0.05, 0) is 42.6 Å². The van der Waals surface area contributed by atoms with Crippen LogP contribution in [0.25, 0.3) is 0 Å². The van der Waals surface area contributed by atoms with Gasteiger partial charge in [-0.2, -0.15) is 0 Å². The summed E-state index contributed by atoms with van der Waals surface area (Å²) < 4.78 is 11.5. The van der Waals surface area contributed by atoms with Gasteiger partial charge >= 0.3 is 0 Å². The lowest BCUT2D eigenvalue weighted by atomic mass is 10.0. The van der Waals surface area contributed by atoms with Gasteiger partial charge in [0.05, 0.1) is 13.2 Å². The van der Waals surface area contributed by atoms with E-state index in [-0.39, 0.29) is 11.9 Å². The molecule has 1 fully saturated rings. The van der Waals surface area contributed by atoms with E-state index < -0.39 is 0 Å². The third-order valence-corrected chi connectivity index (χ3v) is 5.01. The second-order valence-corrected chi connectivity index (χ2v) is 6.86. The molecule has 1 aliphatic heterocycles. The van der Waals surface area contributed by atoms with Crippen LogP contribution >= 0.6 is 0 Å². The summed E-state index contributed by atoms with van der Waals surface area (Å²) in [4.78, 5) is 14.4. The second kappa shape index (κ2) is 9.42. The van der Waals surface area contributed by atoms with Gasteiger partial charge < -0.3 is 14.8 Å². The van der Waals surface area contributed by atoms with Crippen LogP contribution in [0, 0.1) is 0 Å². The summed E-state index contributed by atoms with van der Waals surface area (Å²) in [5.41, 5.74) is 2.24. The number of carbonyl (C=O) groups excluding carboxylic acids is 1. The minimum Gasteiger partial charge on any atom is -0.493 e. The van der Waals surface area contributed by atoms with Gasteiger partial charge in [0.1, 0.15) is 6.61 Å². The summed E-state index contributed by atoms with van der Waals surface area (Å²) >= 11 is 0. The molecule has 144 valence electrons. The molecular formula is C22H28N2O3. The summed E-state index contributed by atoms with van der Waals surface area (Å²) in [7, 11) is 3.36. The normalized spacial score (nSPS) is 17.3. The van der Waals surface area contributed by atoms with Crippen molar-refractivity contribution in [3.05, 3.63) is 59.7 Å². The highest BCUT2D eigenvalue weighted by atomic mass is 16.5. The van der Waals surface area contributed by atoms with Crippen molar-refractivity contribution in [2.45, 2.75) is 38.5 Å². The van der Waals surface area contributed by atoms with Crippen LogP contribution in [0.4, 0.5) is 0 Å². The first kappa shape index (κ1) is 19.2. The summed E-state index contributed by atoms with van der Waals surface area (Å²) in [5.74, 6) is 1.55. The van der Waals surface area contributed by atoms with E-state index in [2.05, 4.69) is 16.3 Å². The molecule has 3 rings (SSSR count). The van der Waals surface area contributed by atoms with Crippen molar-refractivity contribution >= 4 is 5.91 Å². The number of hydrogen-bond donors (Lipinski definition) is 1. The van der Waals surface area contributed by atoms with Crippen LogP contribution in [0.5, 0.6) is 11.5 Å². The molecule has 0 saturated carbocycles. The Kier molecular flexibility index (Phi) is 6.71. The van der Waals surface area contributed by atoms with Crippen LogP contribution < -0.4 is 14.8 Å². The molecule has 0 aliphatic carbocycles. The Morgan fingerprint density at radius 1 is 1.11 bits per heavy atom. The van der Waals surface area contributed by atoms with Gasteiger partial charge in [-0.25, -0.2) is 0 Å². The monoisotopic (exact) mass is 368 g/mol. The lowest BCUT2D eigenvalue weighted by molar-refractivity contribution is -0.127. The molecule has 1 aliphatic rings. The molecule has 0 bridgehead atoms. The number of piperidine rings is 1. The molecule has 0 radical (unpaired) electrons. The zero-order valence-electron chi connectivity index (χ0n) is 16.1. The third kappa shape index (κ3) is 5.01. The number of methoxy groups -OCH3 is 1. The fraction of sp³-hybridized carbons (Fsp3) is 0.409. The Morgan fingerprint density at radius 3 is 2.67 bits per heavy atom. The van der Waals surface area contributed by atoms with Crippen molar-refractivity contribution < 1.29 is 14.3 Å². The molecule has 1 heterocycles. The number of nitrogens with zero attached hydrogens (tertiary/aromatic N) is 1. The Labute approximate surface area is 161 Å². The number of nitrogens with one attached hydrogen (secondary N) is 1. The minimum absolute atomic E-state index is 0.0521. The second-order valence-electron chi connectivity index (χ2n) is 6.86. The van der Waals surface area contributed by atoms with Crippen molar-refractivity contribution in [2.75, 3.05) is 20.7 Å². The number of likely N-dealkylation sites (N-methyl/N-ethyl adjacent to an activating group) is 1. The predicted molar refractivity (Wildman–Crippen MR) is 106 cm³/mol. The van der Waals surface area contributed by atoms with Crippen LogP contribution in [0.3, 0.4) is 0 Å². The van der Waals surface area contributed by atoms with Gasteiger partial charge in [0, 0.05) is 13.6 Å². The number of hydrogen-bond acceptors (Lipinski definition) is 4. The largest absolute Gasteiger partial charge is 0.493 e. The number of rotatable bonds is 7. The summed E-state index contributed by atoms with van der Waals surface area (Å²) in [5, 5.41) is 2.79. The van der Waals surface area contributed by atoms with Crippen LogP contribution in [-0.2, 0) is 17.9 Å². The average molecular weight is 368 g/mol. The Hall–Kier alpha value is -2.53. The van der Waals surface area contributed by atoms with Gasteiger partial charge in [-0.1, -0.05) is 42.8 Å². The van der Waals surface area contributed by atoms with Crippen molar-refractivity contribution in [3.63, 3.8) is 0 Å². The lowest BCUT2D eigenvalue weighted by Crippen LogP contribution is -2.48. The SMILES string of the molecule is CNC(=O)[C@@H]1CCCCN1Cc1ccc(OCc2ccccc2)c(OC)c1. The fourth-order valence-electron chi connectivity index (χ4n) is 3.54. The van der Waals surface area contributed by atoms with E-state index in [0.717, 1.165) is 55.0 Å². The lowest BCUT2D eigenvalue weighted by Gasteiger charge is -2.34. The highest BCUT2D eigenvalue weighted by molar-refractivity contribution is 5.81. The van der Waals surface area contributed by atoms with Gasteiger partial charge in [0.25, 0.3) is 0 Å². The van der Waals surface area contributed by atoms with Gasteiger partial charge in [0.15, 0.2) is 11.5 Å². The van der Waals surface area contributed by atoms with E-state index in [0.29, 0.717) is 6.61 Å². The van der Waals surface area contributed by atoms with E-state index in [9.17, 15) is 4.79 Å². The molecular weight excluding hydrogens is 340 g/mol. The quantitative estimate of drug-likeness (QED) is 0.814. The molecule has 1 atom stereocenters. The van der Waals surface area contributed by atoms with E-state index in [4.69, 9.17) is 9.47 Å². The van der Waals surface area contributed by atoms with E-state index in [1.54, 1.807) is 14.2 Å². The molecule has 0 aromatic heterocycles. The maximum atomic E-state index is 12.2. The molecule has 2 aromatic rings. The summed E-state index contributed by atoms with van der Waals surface area (Å²) in [6, 6.07) is 16.0. The smallest absolute Gasteiger partial charge is 0.237 e.